The number of carbonyl (C=O) groups is 2. The van der Waals surface area contributed by atoms with E-state index in [0.29, 0.717) is 18.1 Å². The highest BCUT2D eigenvalue weighted by molar-refractivity contribution is 7.92. The summed E-state index contributed by atoms with van der Waals surface area (Å²) >= 11 is 0. The molecule has 0 fully saturated rings. The number of sulfonamides is 1. The third-order valence-electron chi connectivity index (χ3n) is 4.56. The first-order valence-electron chi connectivity index (χ1n) is 10.0. The lowest BCUT2D eigenvalue weighted by molar-refractivity contribution is 0.0846. The Hall–Kier alpha value is -4.12. The lowest BCUT2D eigenvalue weighted by Gasteiger charge is -2.12. The summed E-state index contributed by atoms with van der Waals surface area (Å²) in [4.78, 5) is 24.5. The van der Waals surface area contributed by atoms with Crippen LogP contribution in [0.4, 0.5) is 10.1 Å². The molecule has 0 unspecified atom stereocenters. The molecule has 11 heteroatoms. The molecular formula is C23H22FN3O6S. The van der Waals surface area contributed by atoms with Crippen LogP contribution < -0.4 is 25.0 Å². The molecule has 0 bridgehead atoms. The van der Waals surface area contributed by atoms with Crippen molar-refractivity contribution in [3.63, 3.8) is 0 Å². The molecule has 0 saturated carbocycles. The van der Waals surface area contributed by atoms with Crippen LogP contribution in [0.2, 0.25) is 0 Å². The van der Waals surface area contributed by atoms with Gasteiger partial charge in [-0.3, -0.25) is 25.2 Å². The van der Waals surface area contributed by atoms with Gasteiger partial charge in [0.05, 0.1) is 24.3 Å². The topological polar surface area (TPSA) is 123 Å². The predicted molar refractivity (Wildman–Crippen MR) is 123 cm³/mol. The molecular weight excluding hydrogens is 465 g/mol. The van der Waals surface area contributed by atoms with Crippen molar-refractivity contribution >= 4 is 27.5 Å². The zero-order chi connectivity index (χ0) is 24.7. The van der Waals surface area contributed by atoms with Crippen LogP contribution in [0.3, 0.4) is 0 Å². The zero-order valence-corrected chi connectivity index (χ0v) is 19.1. The predicted octanol–water partition coefficient (Wildman–Crippen LogP) is 3.11. The molecule has 3 rings (SSSR count). The zero-order valence-electron chi connectivity index (χ0n) is 18.3. The summed E-state index contributed by atoms with van der Waals surface area (Å²) in [5, 5.41) is 0. The fraction of sp³-hybridized carbons (Fsp3) is 0.130. The number of methoxy groups -OCH3 is 1. The van der Waals surface area contributed by atoms with Crippen LogP contribution in [0.1, 0.15) is 27.6 Å². The number of halogens is 1. The Kier molecular flexibility index (Phi) is 7.69. The first kappa shape index (κ1) is 24.5. The largest absolute Gasteiger partial charge is 0.493 e. The summed E-state index contributed by atoms with van der Waals surface area (Å²) in [6, 6.07) is 14.8. The highest BCUT2D eigenvalue weighted by atomic mass is 32.2. The van der Waals surface area contributed by atoms with Gasteiger partial charge in [-0.15, -0.1) is 0 Å². The highest BCUT2D eigenvalue weighted by Crippen LogP contribution is 2.28. The summed E-state index contributed by atoms with van der Waals surface area (Å²) in [6.45, 7) is 2.24. The van der Waals surface area contributed by atoms with Gasteiger partial charge in [0.15, 0.2) is 11.5 Å². The van der Waals surface area contributed by atoms with E-state index in [4.69, 9.17) is 9.47 Å². The molecule has 34 heavy (non-hydrogen) atoms. The molecule has 0 atom stereocenters. The number of ether oxygens (including phenoxy) is 2. The Morgan fingerprint density at radius 1 is 0.882 bits per heavy atom. The Labute approximate surface area is 195 Å². The normalized spacial score (nSPS) is 10.8. The maximum absolute atomic E-state index is 13.7. The van der Waals surface area contributed by atoms with Crippen LogP contribution in [-0.2, 0) is 10.0 Å². The van der Waals surface area contributed by atoms with Gasteiger partial charge in [0.1, 0.15) is 5.82 Å². The van der Waals surface area contributed by atoms with E-state index in [0.717, 1.165) is 6.07 Å². The number of rotatable bonds is 8. The van der Waals surface area contributed by atoms with Crippen LogP contribution in [0.15, 0.2) is 71.6 Å². The van der Waals surface area contributed by atoms with E-state index in [2.05, 4.69) is 15.6 Å². The van der Waals surface area contributed by atoms with Gasteiger partial charge < -0.3 is 9.47 Å². The van der Waals surface area contributed by atoms with E-state index >= 15 is 0 Å². The number of hydrazine groups is 1. The SMILES string of the molecule is CCOc1ccc(C(=O)NNC(=O)c2ccc(S(=O)(=O)Nc3ccccc3F)cc2)cc1OC. The highest BCUT2D eigenvalue weighted by Gasteiger charge is 2.17. The third-order valence-corrected chi connectivity index (χ3v) is 5.94. The van der Waals surface area contributed by atoms with Crippen molar-refractivity contribution in [1.82, 2.24) is 10.9 Å². The number of hydrogen-bond acceptors (Lipinski definition) is 6. The fourth-order valence-corrected chi connectivity index (χ4v) is 3.94. The molecule has 0 aliphatic carbocycles. The van der Waals surface area contributed by atoms with Gasteiger partial charge in [0.25, 0.3) is 21.8 Å². The lowest BCUT2D eigenvalue weighted by atomic mass is 10.2. The molecule has 0 saturated heterocycles. The fourth-order valence-electron chi connectivity index (χ4n) is 2.87. The van der Waals surface area contributed by atoms with Crippen molar-refractivity contribution in [3.8, 4) is 11.5 Å². The van der Waals surface area contributed by atoms with Gasteiger partial charge in [-0.25, -0.2) is 12.8 Å². The van der Waals surface area contributed by atoms with Crippen molar-refractivity contribution in [2.45, 2.75) is 11.8 Å². The Morgan fingerprint density at radius 2 is 1.50 bits per heavy atom. The number of nitrogens with one attached hydrogen (secondary N) is 3. The van der Waals surface area contributed by atoms with Gasteiger partial charge in [0, 0.05) is 11.1 Å². The van der Waals surface area contributed by atoms with Crippen molar-refractivity contribution in [3.05, 3.63) is 83.7 Å². The molecule has 0 radical (unpaired) electrons. The molecule has 0 aliphatic heterocycles. The summed E-state index contributed by atoms with van der Waals surface area (Å²) in [6.07, 6.45) is 0. The van der Waals surface area contributed by atoms with Gasteiger partial charge in [-0.2, -0.15) is 0 Å². The van der Waals surface area contributed by atoms with E-state index in [1.54, 1.807) is 6.07 Å². The quantitative estimate of drug-likeness (QED) is 0.420. The van der Waals surface area contributed by atoms with Crippen LogP contribution in [-0.4, -0.2) is 33.9 Å². The molecule has 0 aromatic heterocycles. The average molecular weight is 488 g/mol. The molecule has 178 valence electrons. The number of amides is 2. The van der Waals surface area contributed by atoms with Crippen LogP contribution in [0.25, 0.3) is 0 Å². The molecule has 3 aromatic rings. The van der Waals surface area contributed by atoms with E-state index in [1.807, 2.05) is 6.92 Å². The molecule has 0 heterocycles. The van der Waals surface area contributed by atoms with Crippen molar-refractivity contribution < 1.29 is 31.9 Å². The summed E-state index contributed by atoms with van der Waals surface area (Å²) in [7, 11) is -2.63. The Morgan fingerprint density at radius 3 is 2.12 bits per heavy atom. The first-order valence-corrected chi connectivity index (χ1v) is 11.5. The minimum absolute atomic E-state index is 0.0921. The number of carbonyl (C=O) groups excluding carboxylic acids is 2. The summed E-state index contributed by atoms with van der Waals surface area (Å²) < 4.78 is 51.4. The van der Waals surface area contributed by atoms with E-state index in [-0.39, 0.29) is 21.7 Å². The second kappa shape index (κ2) is 10.7. The smallest absolute Gasteiger partial charge is 0.269 e. The Bertz CT molecular complexity index is 1300. The van der Waals surface area contributed by atoms with Crippen molar-refractivity contribution in [1.29, 1.82) is 0 Å². The van der Waals surface area contributed by atoms with E-state index < -0.39 is 27.7 Å². The summed E-state index contributed by atoms with van der Waals surface area (Å²) in [5.74, 6) is -1.14. The monoisotopic (exact) mass is 487 g/mol. The van der Waals surface area contributed by atoms with Crippen LogP contribution in [0, 0.1) is 5.82 Å². The van der Waals surface area contributed by atoms with Crippen molar-refractivity contribution in [2.24, 2.45) is 0 Å². The third kappa shape index (κ3) is 5.81. The standard InChI is InChI=1S/C23H22FN3O6S/c1-3-33-20-13-10-16(14-21(20)32-2)23(29)26-25-22(28)15-8-11-17(12-9-15)34(30,31)27-19-7-5-4-6-18(19)24/h4-14,27H,3H2,1-2H3,(H,25,28)(H,26,29). The molecule has 0 aliphatic rings. The lowest BCUT2D eigenvalue weighted by Crippen LogP contribution is -2.41. The Balaban J connectivity index is 1.64. The van der Waals surface area contributed by atoms with Gasteiger partial charge >= 0.3 is 0 Å². The van der Waals surface area contributed by atoms with E-state index in [9.17, 15) is 22.4 Å². The molecule has 2 amide bonds. The van der Waals surface area contributed by atoms with Crippen molar-refractivity contribution in [2.75, 3.05) is 18.4 Å². The second-order valence-electron chi connectivity index (χ2n) is 6.82. The number of hydrogen-bond donors (Lipinski definition) is 3. The molecule has 0 spiro atoms. The van der Waals surface area contributed by atoms with Gasteiger partial charge in [-0.05, 0) is 61.5 Å². The maximum Gasteiger partial charge on any atom is 0.269 e. The molecule has 3 aromatic carbocycles. The number of benzene rings is 3. The van der Waals surface area contributed by atoms with Gasteiger partial charge in [-0.1, -0.05) is 12.1 Å². The molecule has 3 N–H and O–H groups in total. The maximum atomic E-state index is 13.7. The van der Waals surface area contributed by atoms with Gasteiger partial charge in [0.2, 0.25) is 0 Å². The number of para-hydroxylation sites is 1. The average Bonchev–Trinajstić information content (AvgIpc) is 2.84. The van der Waals surface area contributed by atoms with Crippen LogP contribution in [0.5, 0.6) is 11.5 Å². The number of anilines is 1. The van der Waals surface area contributed by atoms with Crippen LogP contribution >= 0.6 is 0 Å². The first-order chi connectivity index (χ1) is 16.2. The minimum Gasteiger partial charge on any atom is -0.493 e. The summed E-state index contributed by atoms with van der Waals surface area (Å²) in [5.41, 5.74) is 4.65. The van der Waals surface area contributed by atoms with E-state index in [1.165, 1.54) is 61.7 Å². The minimum atomic E-state index is -4.07. The molecule has 9 nitrogen and oxygen atoms in total. The second-order valence-corrected chi connectivity index (χ2v) is 8.50.